The van der Waals surface area contributed by atoms with E-state index in [1.54, 1.807) is 12.1 Å². The van der Waals surface area contributed by atoms with Gasteiger partial charge in [0, 0.05) is 5.56 Å². The highest BCUT2D eigenvalue weighted by Crippen LogP contribution is 2.35. The summed E-state index contributed by atoms with van der Waals surface area (Å²) < 4.78 is 5.31. The first-order valence-electron chi connectivity index (χ1n) is 6.72. The van der Waals surface area contributed by atoms with Gasteiger partial charge in [-0.05, 0) is 28.1 Å². The fourth-order valence-corrected chi connectivity index (χ4v) is 2.10. The van der Waals surface area contributed by atoms with Crippen molar-refractivity contribution < 1.29 is 14.6 Å². The molecule has 132 valence electrons. The summed E-state index contributed by atoms with van der Waals surface area (Å²) in [7, 11) is 1.42. The number of phenols is 1. The van der Waals surface area contributed by atoms with Crippen molar-refractivity contribution in [2.45, 2.75) is 0 Å². The van der Waals surface area contributed by atoms with E-state index in [4.69, 9.17) is 4.74 Å². The SMILES string of the molecule is COc1ccc(/C=N/NC(=O)CNc2n[nH]c(=O)[nH]c2=O)c(Br)c1O. The Morgan fingerprint density at radius 1 is 1.48 bits per heavy atom. The number of nitrogens with zero attached hydrogens (tertiary/aromatic N) is 2. The quantitative estimate of drug-likeness (QED) is 0.315. The molecule has 0 radical (unpaired) electrons. The molecule has 5 N–H and O–H groups in total. The molecule has 0 bridgehead atoms. The molecule has 0 unspecified atom stereocenters. The van der Waals surface area contributed by atoms with Crippen molar-refractivity contribution in [3.8, 4) is 11.5 Å². The summed E-state index contributed by atoms with van der Waals surface area (Å²) in [5.41, 5.74) is 1.23. The number of H-pyrrole nitrogens is 2. The number of carbonyl (C=O) groups is 1. The van der Waals surface area contributed by atoms with Crippen LogP contribution in [0.25, 0.3) is 0 Å². The number of aromatic hydroxyl groups is 1. The molecule has 12 heteroatoms. The predicted molar refractivity (Wildman–Crippen MR) is 92.1 cm³/mol. The van der Waals surface area contributed by atoms with Gasteiger partial charge in [-0.3, -0.25) is 14.6 Å². The van der Waals surface area contributed by atoms with E-state index in [-0.39, 0.29) is 23.9 Å². The Hall–Kier alpha value is -3.15. The van der Waals surface area contributed by atoms with Gasteiger partial charge in [0.05, 0.1) is 24.3 Å². The summed E-state index contributed by atoms with van der Waals surface area (Å²) in [6.45, 7) is -0.297. The van der Waals surface area contributed by atoms with E-state index in [1.165, 1.54) is 13.3 Å². The molecule has 1 aromatic carbocycles. The lowest BCUT2D eigenvalue weighted by molar-refractivity contribution is -0.119. The Balaban J connectivity index is 1.93. The Labute approximate surface area is 148 Å². The van der Waals surface area contributed by atoms with E-state index in [0.717, 1.165) is 0 Å². The second-order valence-corrected chi connectivity index (χ2v) is 5.31. The second-order valence-electron chi connectivity index (χ2n) is 4.52. The molecule has 2 aromatic rings. The molecular weight excluding hydrogens is 400 g/mol. The van der Waals surface area contributed by atoms with Crippen molar-refractivity contribution in [2.24, 2.45) is 5.10 Å². The van der Waals surface area contributed by atoms with Crippen molar-refractivity contribution in [2.75, 3.05) is 19.0 Å². The standard InChI is InChI=1S/C13H13BrN6O5/c1-25-7-3-2-6(9(14)10(7)22)4-16-18-8(21)5-15-11-12(23)17-13(24)20-19-11/h2-4,22H,5H2,1H3,(H,15,19)(H,18,21)(H2,17,20,23,24)/b16-4+. The molecule has 0 aliphatic heterocycles. The normalized spacial score (nSPS) is 10.6. The first-order valence-corrected chi connectivity index (χ1v) is 7.52. The van der Waals surface area contributed by atoms with E-state index in [2.05, 4.69) is 36.9 Å². The van der Waals surface area contributed by atoms with E-state index in [0.29, 0.717) is 10.0 Å². The molecule has 1 aromatic heterocycles. The molecular formula is C13H13BrN6O5. The summed E-state index contributed by atoms with van der Waals surface area (Å²) in [6, 6.07) is 3.17. The molecule has 0 spiro atoms. The minimum absolute atomic E-state index is 0.0946. The topological polar surface area (TPSA) is 162 Å². The molecule has 0 aliphatic rings. The average molecular weight is 413 g/mol. The van der Waals surface area contributed by atoms with Crippen molar-refractivity contribution in [1.82, 2.24) is 20.6 Å². The maximum Gasteiger partial charge on any atom is 0.342 e. The number of phenolic OH excluding ortho intramolecular Hbond substituents is 1. The molecule has 1 heterocycles. The van der Waals surface area contributed by atoms with Crippen LogP contribution in [0.15, 0.2) is 31.3 Å². The van der Waals surface area contributed by atoms with Crippen LogP contribution in [0.2, 0.25) is 0 Å². The largest absolute Gasteiger partial charge is 0.503 e. The van der Waals surface area contributed by atoms with E-state index in [9.17, 15) is 19.5 Å². The minimum atomic E-state index is -0.752. The van der Waals surface area contributed by atoms with E-state index < -0.39 is 17.2 Å². The zero-order valence-electron chi connectivity index (χ0n) is 12.8. The molecule has 0 atom stereocenters. The molecule has 2 rings (SSSR count). The number of amides is 1. The van der Waals surface area contributed by atoms with Gasteiger partial charge in [-0.15, -0.1) is 5.10 Å². The lowest BCUT2D eigenvalue weighted by Crippen LogP contribution is -2.31. The van der Waals surface area contributed by atoms with Crippen LogP contribution in [0.4, 0.5) is 5.82 Å². The smallest absolute Gasteiger partial charge is 0.342 e. The molecule has 0 aliphatic carbocycles. The van der Waals surface area contributed by atoms with Crippen molar-refractivity contribution in [1.29, 1.82) is 0 Å². The number of halogens is 1. The summed E-state index contributed by atoms with van der Waals surface area (Å²) >= 11 is 3.19. The minimum Gasteiger partial charge on any atom is -0.503 e. The predicted octanol–water partition coefficient (Wildman–Crippen LogP) is -0.503. The lowest BCUT2D eigenvalue weighted by Gasteiger charge is -2.07. The number of aromatic nitrogens is 3. The van der Waals surface area contributed by atoms with Gasteiger partial charge in [-0.2, -0.15) is 5.10 Å². The van der Waals surface area contributed by atoms with Crippen LogP contribution >= 0.6 is 15.9 Å². The number of rotatable bonds is 6. The maximum absolute atomic E-state index is 11.7. The third-order valence-electron chi connectivity index (χ3n) is 2.85. The van der Waals surface area contributed by atoms with Crippen molar-refractivity contribution in [3.63, 3.8) is 0 Å². The van der Waals surface area contributed by atoms with Crippen LogP contribution in [-0.4, -0.2) is 46.1 Å². The Kier molecular flexibility index (Phi) is 5.89. The van der Waals surface area contributed by atoms with Gasteiger partial charge in [0.25, 0.3) is 11.5 Å². The lowest BCUT2D eigenvalue weighted by atomic mass is 10.2. The molecule has 11 nitrogen and oxygen atoms in total. The Morgan fingerprint density at radius 3 is 2.92 bits per heavy atom. The van der Waals surface area contributed by atoms with Crippen LogP contribution in [0.5, 0.6) is 11.5 Å². The first-order chi connectivity index (χ1) is 11.9. The van der Waals surface area contributed by atoms with Gasteiger partial charge in [-0.1, -0.05) is 0 Å². The van der Waals surface area contributed by atoms with Gasteiger partial charge >= 0.3 is 5.69 Å². The fourth-order valence-electron chi connectivity index (χ4n) is 1.67. The monoisotopic (exact) mass is 412 g/mol. The number of carbonyl (C=O) groups excluding carboxylic acids is 1. The molecule has 25 heavy (non-hydrogen) atoms. The second kappa shape index (κ2) is 8.10. The summed E-state index contributed by atoms with van der Waals surface area (Å²) in [4.78, 5) is 35.8. The molecule has 0 saturated heterocycles. The number of hydrogen-bond acceptors (Lipinski definition) is 8. The highest BCUT2D eigenvalue weighted by molar-refractivity contribution is 9.10. The Bertz CT molecular complexity index is 922. The third kappa shape index (κ3) is 4.67. The zero-order valence-corrected chi connectivity index (χ0v) is 14.4. The zero-order chi connectivity index (χ0) is 18.4. The summed E-state index contributed by atoms with van der Waals surface area (Å²) in [5, 5.41) is 21.5. The summed E-state index contributed by atoms with van der Waals surface area (Å²) in [5.74, 6) is -0.572. The van der Waals surface area contributed by atoms with Gasteiger partial charge in [0.1, 0.15) is 0 Å². The number of aromatic amines is 2. The van der Waals surface area contributed by atoms with Crippen LogP contribution < -0.4 is 26.7 Å². The van der Waals surface area contributed by atoms with Crippen LogP contribution in [0.3, 0.4) is 0 Å². The highest BCUT2D eigenvalue weighted by Gasteiger charge is 2.09. The fraction of sp³-hybridized carbons (Fsp3) is 0.154. The molecule has 0 fully saturated rings. The van der Waals surface area contributed by atoms with Gasteiger partial charge < -0.3 is 15.2 Å². The number of methoxy groups -OCH3 is 1. The van der Waals surface area contributed by atoms with Crippen molar-refractivity contribution in [3.05, 3.63) is 43.0 Å². The van der Waals surface area contributed by atoms with Crippen LogP contribution in [0.1, 0.15) is 5.56 Å². The average Bonchev–Trinajstić information content (AvgIpc) is 2.58. The van der Waals surface area contributed by atoms with E-state index in [1.807, 2.05) is 10.1 Å². The van der Waals surface area contributed by atoms with E-state index >= 15 is 0 Å². The number of hydrazone groups is 1. The van der Waals surface area contributed by atoms with Crippen molar-refractivity contribution >= 4 is 33.9 Å². The van der Waals surface area contributed by atoms with Crippen LogP contribution in [0, 0.1) is 0 Å². The Morgan fingerprint density at radius 2 is 2.24 bits per heavy atom. The van der Waals surface area contributed by atoms with Crippen LogP contribution in [-0.2, 0) is 4.79 Å². The van der Waals surface area contributed by atoms with Gasteiger partial charge in [0.15, 0.2) is 11.5 Å². The number of ether oxygens (including phenoxy) is 1. The third-order valence-corrected chi connectivity index (χ3v) is 3.68. The number of hydrogen-bond donors (Lipinski definition) is 5. The van der Waals surface area contributed by atoms with Gasteiger partial charge in [0.2, 0.25) is 5.82 Å². The number of anilines is 1. The molecule has 1 amide bonds. The number of benzene rings is 1. The van der Waals surface area contributed by atoms with Gasteiger partial charge in [-0.25, -0.2) is 15.3 Å². The number of nitrogens with one attached hydrogen (secondary N) is 4. The first kappa shape index (κ1) is 18.2. The molecule has 0 saturated carbocycles. The summed E-state index contributed by atoms with van der Waals surface area (Å²) in [6.07, 6.45) is 1.31. The highest BCUT2D eigenvalue weighted by atomic mass is 79.9. The maximum atomic E-state index is 11.7.